The smallest absolute Gasteiger partial charge is 0.274 e. The Morgan fingerprint density at radius 3 is 2.47 bits per heavy atom. The molecule has 19 heavy (non-hydrogen) atoms. The zero-order valence-corrected chi connectivity index (χ0v) is 11.6. The van der Waals surface area contributed by atoms with Crippen molar-refractivity contribution in [2.75, 3.05) is 5.32 Å². The van der Waals surface area contributed by atoms with E-state index in [0.717, 1.165) is 11.4 Å². The fourth-order valence-electron chi connectivity index (χ4n) is 1.65. The van der Waals surface area contributed by atoms with Crippen LogP contribution in [0.1, 0.15) is 27.6 Å². The van der Waals surface area contributed by atoms with Crippen LogP contribution in [-0.2, 0) is 0 Å². The molecule has 2 heterocycles. The summed E-state index contributed by atoms with van der Waals surface area (Å²) in [7, 11) is 0. The highest BCUT2D eigenvalue weighted by Crippen LogP contribution is 2.14. The Kier molecular flexibility index (Phi) is 3.76. The van der Waals surface area contributed by atoms with Gasteiger partial charge in [-0.1, -0.05) is 0 Å². The monoisotopic (exact) mass is 276 g/mol. The van der Waals surface area contributed by atoms with E-state index in [-0.39, 0.29) is 16.9 Å². The number of aryl methyl sites for hydroxylation is 3. The number of hydrogen-bond donors (Lipinski definition) is 1. The number of pyridine rings is 1. The number of hydrogen-bond acceptors (Lipinski definition) is 4. The average Bonchev–Trinajstić information content (AvgIpc) is 2.31. The number of carbonyl (C=O) groups excluding carboxylic acids is 1. The number of nitrogens with one attached hydrogen (secondary N) is 1. The van der Waals surface area contributed by atoms with Gasteiger partial charge in [0.25, 0.3) is 5.91 Å². The van der Waals surface area contributed by atoms with Crippen molar-refractivity contribution in [2.45, 2.75) is 20.8 Å². The van der Waals surface area contributed by atoms with Gasteiger partial charge in [-0.15, -0.1) is 0 Å². The van der Waals surface area contributed by atoms with E-state index in [2.05, 4.69) is 20.3 Å². The molecule has 1 amide bonds. The van der Waals surface area contributed by atoms with Gasteiger partial charge in [-0.05, 0) is 50.6 Å². The van der Waals surface area contributed by atoms with Crippen LogP contribution < -0.4 is 5.32 Å². The number of nitrogens with zero attached hydrogens (tertiary/aromatic N) is 3. The molecule has 0 aliphatic rings. The van der Waals surface area contributed by atoms with Gasteiger partial charge >= 0.3 is 0 Å². The van der Waals surface area contributed by atoms with Crippen LogP contribution in [0.15, 0.2) is 18.2 Å². The first-order valence-corrected chi connectivity index (χ1v) is 6.10. The number of amides is 1. The highest BCUT2D eigenvalue weighted by Gasteiger charge is 2.11. The predicted octanol–water partition coefficient (Wildman–Crippen LogP) is 2.70. The van der Waals surface area contributed by atoms with Crippen LogP contribution in [0, 0.1) is 20.8 Å². The highest BCUT2D eigenvalue weighted by atomic mass is 35.5. The summed E-state index contributed by atoms with van der Waals surface area (Å²) in [6, 6.07) is 5.23. The van der Waals surface area contributed by atoms with Crippen LogP contribution in [0.2, 0.25) is 5.28 Å². The van der Waals surface area contributed by atoms with Gasteiger partial charge in [0.2, 0.25) is 5.28 Å². The lowest BCUT2D eigenvalue weighted by Crippen LogP contribution is -2.15. The second kappa shape index (κ2) is 5.32. The van der Waals surface area contributed by atoms with Crippen LogP contribution >= 0.6 is 11.6 Å². The van der Waals surface area contributed by atoms with Gasteiger partial charge in [0, 0.05) is 11.4 Å². The van der Waals surface area contributed by atoms with Gasteiger partial charge in [0.1, 0.15) is 5.69 Å². The van der Waals surface area contributed by atoms with Crippen LogP contribution in [0.3, 0.4) is 0 Å². The molecule has 0 saturated carbocycles. The maximum atomic E-state index is 12.1. The summed E-state index contributed by atoms with van der Waals surface area (Å²) in [5.74, 6) is -0.332. The Labute approximate surface area is 116 Å². The lowest BCUT2D eigenvalue weighted by atomic mass is 10.2. The van der Waals surface area contributed by atoms with Gasteiger partial charge in [-0.2, -0.15) is 0 Å². The Morgan fingerprint density at radius 1 is 1.11 bits per heavy atom. The molecule has 6 heteroatoms. The molecule has 0 aliphatic heterocycles. The molecule has 0 saturated heterocycles. The van der Waals surface area contributed by atoms with Crippen molar-refractivity contribution >= 4 is 23.2 Å². The number of anilines is 1. The van der Waals surface area contributed by atoms with Crippen LogP contribution in [-0.4, -0.2) is 20.9 Å². The first kappa shape index (κ1) is 13.4. The zero-order valence-electron chi connectivity index (χ0n) is 10.9. The van der Waals surface area contributed by atoms with Crippen molar-refractivity contribution in [3.8, 4) is 0 Å². The fourth-order valence-corrected chi connectivity index (χ4v) is 1.88. The minimum absolute atomic E-state index is 0.0592. The van der Waals surface area contributed by atoms with Gasteiger partial charge in [0.15, 0.2) is 0 Å². The predicted molar refractivity (Wildman–Crippen MR) is 73.4 cm³/mol. The summed E-state index contributed by atoms with van der Waals surface area (Å²) < 4.78 is 0. The van der Waals surface area contributed by atoms with Crippen molar-refractivity contribution in [3.05, 3.63) is 46.3 Å². The third-order valence-corrected chi connectivity index (χ3v) is 2.70. The Balaban J connectivity index is 2.25. The van der Waals surface area contributed by atoms with Crippen molar-refractivity contribution in [3.63, 3.8) is 0 Å². The van der Waals surface area contributed by atoms with Gasteiger partial charge in [0.05, 0.1) is 11.4 Å². The molecular weight excluding hydrogens is 264 g/mol. The third kappa shape index (κ3) is 3.26. The first-order chi connectivity index (χ1) is 8.95. The first-order valence-electron chi connectivity index (χ1n) is 5.72. The van der Waals surface area contributed by atoms with Gasteiger partial charge < -0.3 is 5.32 Å². The minimum atomic E-state index is -0.332. The second-order valence-electron chi connectivity index (χ2n) is 4.20. The minimum Gasteiger partial charge on any atom is -0.319 e. The highest BCUT2D eigenvalue weighted by molar-refractivity contribution is 6.28. The van der Waals surface area contributed by atoms with Crippen LogP contribution in [0.5, 0.6) is 0 Å². The topological polar surface area (TPSA) is 67.8 Å². The van der Waals surface area contributed by atoms with Crippen molar-refractivity contribution in [1.82, 2.24) is 15.0 Å². The molecule has 0 bridgehead atoms. The zero-order chi connectivity index (χ0) is 14.0. The van der Waals surface area contributed by atoms with E-state index in [1.54, 1.807) is 13.0 Å². The summed E-state index contributed by atoms with van der Waals surface area (Å²) >= 11 is 5.73. The van der Waals surface area contributed by atoms with E-state index in [0.29, 0.717) is 11.4 Å². The normalized spacial score (nSPS) is 10.3. The molecule has 98 valence electrons. The molecule has 0 spiro atoms. The quantitative estimate of drug-likeness (QED) is 0.857. The molecule has 0 unspecified atom stereocenters. The Morgan fingerprint density at radius 2 is 1.84 bits per heavy atom. The van der Waals surface area contributed by atoms with Crippen molar-refractivity contribution in [1.29, 1.82) is 0 Å². The van der Waals surface area contributed by atoms with Crippen molar-refractivity contribution in [2.24, 2.45) is 0 Å². The molecule has 2 aromatic heterocycles. The number of carbonyl (C=O) groups is 1. The molecule has 0 aliphatic carbocycles. The third-order valence-electron chi connectivity index (χ3n) is 2.53. The summed E-state index contributed by atoms with van der Waals surface area (Å²) in [5, 5.41) is 2.82. The molecule has 5 nitrogen and oxygen atoms in total. The fraction of sp³-hybridized carbons (Fsp3) is 0.231. The maximum absolute atomic E-state index is 12.1. The molecular formula is C13H13ClN4O. The molecule has 2 rings (SSSR count). The second-order valence-corrected chi connectivity index (χ2v) is 4.54. The van der Waals surface area contributed by atoms with Crippen LogP contribution in [0.4, 0.5) is 5.69 Å². The van der Waals surface area contributed by atoms with Gasteiger partial charge in [-0.3, -0.25) is 9.78 Å². The molecule has 0 radical (unpaired) electrons. The number of aromatic nitrogens is 3. The summed E-state index contributed by atoms with van der Waals surface area (Å²) in [5.41, 5.74) is 3.19. The molecule has 0 fully saturated rings. The van der Waals surface area contributed by atoms with E-state index in [4.69, 9.17) is 11.6 Å². The maximum Gasteiger partial charge on any atom is 0.274 e. The lowest BCUT2D eigenvalue weighted by molar-refractivity contribution is 0.102. The average molecular weight is 277 g/mol. The SMILES string of the molecule is Cc1cc(C(=O)Nc2ccc(C)nc2C)nc(Cl)n1. The van der Waals surface area contributed by atoms with E-state index in [9.17, 15) is 4.79 Å². The number of rotatable bonds is 2. The summed E-state index contributed by atoms with van der Waals surface area (Å²) in [4.78, 5) is 24.2. The Hall–Kier alpha value is -2.01. The summed E-state index contributed by atoms with van der Waals surface area (Å²) in [6.45, 7) is 5.48. The molecule has 0 aromatic carbocycles. The van der Waals surface area contributed by atoms with E-state index >= 15 is 0 Å². The lowest BCUT2D eigenvalue weighted by Gasteiger charge is -2.08. The molecule has 0 atom stereocenters. The van der Waals surface area contributed by atoms with E-state index < -0.39 is 0 Å². The number of halogens is 1. The standard InChI is InChI=1S/C13H13ClN4O/c1-7-4-5-10(9(3)15-7)17-12(19)11-6-8(2)16-13(14)18-11/h4-6H,1-3H3,(H,17,19). The molecule has 2 aromatic rings. The van der Waals surface area contributed by atoms with Crippen molar-refractivity contribution < 1.29 is 4.79 Å². The molecule has 1 N–H and O–H groups in total. The van der Waals surface area contributed by atoms with Gasteiger partial charge in [-0.25, -0.2) is 9.97 Å². The van der Waals surface area contributed by atoms with E-state index in [1.165, 1.54) is 0 Å². The largest absolute Gasteiger partial charge is 0.319 e. The Bertz CT molecular complexity index is 622. The van der Waals surface area contributed by atoms with Crippen LogP contribution in [0.25, 0.3) is 0 Å². The van der Waals surface area contributed by atoms with E-state index in [1.807, 2.05) is 26.0 Å². The summed E-state index contributed by atoms with van der Waals surface area (Å²) in [6.07, 6.45) is 0.